The average molecular weight is 337 g/mol. The third-order valence-corrected chi connectivity index (χ3v) is 3.59. The molecule has 0 saturated heterocycles. The van der Waals surface area contributed by atoms with Gasteiger partial charge in [0.1, 0.15) is 11.6 Å². The minimum Gasteiger partial charge on any atom is -0.479 e. The Hall–Kier alpha value is -2.77. The smallest absolute Gasteiger partial charge is 0.331 e. The fourth-order valence-electron chi connectivity index (χ4n) is 2.00. The average Bonchev–Trinajstić information content (AvgIpc) is 2.97. The number of halogens is 2. The number of nitrogens with one attached hydrogen (secondary N) is 1. The molecule has 2 N–H and O–H groups in total. The molecule has 1 amide bonds. The third kappa shape index (κ3) is 3.95. The van der Waals surface area contributed by atoms with E-state index in [-0.39, 0.29) is 18.4 Å². The van der Waals surface area contributed by atoms with Crippen molar-refractivity contribution in [1.82, 2.24) is 9.78 Å². The van der Waals surface area contributed by atoms with E-state index in [0.717, 1.165) is 18.2 Å². The molecule has 0 radical (unpaired) electrons. The number of hydrogen-bond donors (Lipinski definition) is 2. The van der Waals surface area contributed by atoms with Crippen LogP contribution in [-0.4, -0.2) is 26.8 Å². The van der Waals surface area contributed by atoms with Crippen molar-refractivity contribution < 1.29 is 23.5 Å². The zero-order chi connectivity index (χ0) is 17.9. The van der Waals surface area contributed by atoms with E-state index in [1.807, 2.05) is 0 Å². The Morgan fingerprint density at radius 2 is 2.04 bits per heavy atom. The number of anilines is 1. The summed E-state index contributed by atoms with van der Waals surface area (Å²) in [7, 11) is 0. The second-order valence-corrected chi connectivity index (χ2v) is 5.82. The first-order chi connectivity index (χ1) is 11.2. The van der Waals surface area contributed by atoms with Gasteiger partial charge >= 0.3 is 5.97 Å². The fourth-order valence-corrected chi connectivity index (χ4v) is 2.00. The number of rotatable bonds is 6. The van der Waals surface area contributed by atoms with Crippen LogP contribution in [0.2, 0.25) is 0 Å². The number of carboxylic acid groups (broad SMARTS) is 1. The van der Waals surface area contributed by atoms with E-state index in [1.165, 1.54) is 30.9 Å². The van der Waals surface area contributed by atoms with Crippen molar-refractivity contribution in [1.29, 1.82) is 0 Å². The van der Waals surface area contributed by atoms with Crippen molar-refractivity contribution in [2.75, 3.05) is 5.32 Å². The van der Waals surface area contributed by atoms with Gasteiger partial charge in [-0.25, -0.2) is 13.6 Å². The summed E-state index contributed by atoms with van der Waals surface area (Å²) in [4.78, 5) is 23.1. The van der Waals surface area contributed by atoms with Gasteiger partial charge in [-0.2, -0.15) is 5.10 Å². The maximum Gasteiger partial charge on any atom is 0.331 e. The molecule has 0 fully saturated rings. The molecule has 0 bridgehead atoms. The van der Waals surface area contributed by atoms with Crippen LogP contribution in [0.5, 0.6) is 0 Å². The predicted octanol–water partition coefficient (Wildman–Crippen LogP) is 2.55. The summed E-state index contributed by atoms with van der Waals surface area (Å²) >= 11 is 0. The van der Waals surface area contributed by atoms with Gasteiger partial charge in [0.2, 0.25) is 5.91 Å². The highest BCUT2D eigenvalue weighted by Crippen LogP contribution is 2.18. The van der Waals surface area contributed by atoms with Crippen molar-refractivity contribution in [3.05, 3.63) is 47.8 Å². The van der Waals surface area contributed by atoms with Crippen LogP contribution < -0.4 is 5.32 Å². The first-order valence-electron chi connectivity index (χ1n) is 7.22. The second kappa shape index (κ2) is 6.77. The molecular formula is C16H17F2N3O3. The Morgan fingerprint density at radius 1 is 1.33 bits per heavy atom. The van der Waals surface area contributed by atoms with Crippen LogP contribution in [0.4, 0.5) is 14.5 Å². The number of amides is 1. The number of aromatic nitrogens is 2. The molecule has 0 spiro atoms. The molecule has 128 valence electrons. The summed E-state index contributed by atoms with van der Waals surface area (Å²) in [6.07, 6.45) is 2.72. The lowest BCUT2D eigenvalue weighted by molar-refractivity contribution is -0.146. The van der Waals surface area contributed by atoms with E-state index in [1.54, 1.807) is 0 Å². The number of nitrogens with zero attached hydrogens (tertiary/aromatic N) is 2. The van der Waals surface area contributed by atoms with Crippen LogP contribution in [0.15, 0.2) is 30.6 Å². The highest BCUT2D eigenvalue weighted by molar-refractivity contribution is 5.90. The summed E-state index contributed by atoms with van der Waals surface area (Å²) in [5.41, 5.74) is -0.810. The molecule has 0 saturated carbocycles. The van der Waals surface area contributed by atoms with Crippen molar-refractivity contribution >= 4 is 17.6 Å². The molecule has 8 heteroatoms. The van der Waals surface area contributed by atoms with Crippen molar-refractivity contribution in [3.8, 4) is 0 Å². The van der Waals surface area contributed by atoms with Gasteiger partial charge in [-0.3, -0.25) is 9.48 Å². The summed E-state index contributed by atoms with van der Waals surface area (Å²) in [6, 6.07) is 3.08. The van der Waals surface area contributed by atoms with E-state index < -0.39 is 29.0 Å². The monoisotopic (exact) mass is 337 g/mol. The topological polar surface area (TPSA) is 84.2 Å². The van der Waals surface area contributed by atoms with Crippen LogP contribution >= 0.6 is 0 Å². The number of hydrogen-bond acceptors (Lipinski definition) is 3. The third-order valence-electron chi connectivity index (χ3n) is 3.59. The lowest BCUT2D eigenvalue weighted by Crippen LogP contribution is -2.35. The molecule has 0 atom stereocenters. The van der Waals surface area contributed by atoms with E-state index in [2.05, 4.69) is 10.4 Å². The minimum absolute atomic E-state index is 0.0458. The Labute approximate surface area is 137 Å². The van der Waals surface area contributed by atoms with Crippen LogP contribution in [0, 0.1) is 11.6 Å². The van der Waals surface area contributed by atoms with Gasteiger partial charge in [-0.05, 0) is 44.0 Å². The molecule has 2 rings (SSSR count). The van der Waals surface area contributed by atoms with E-state index in [4.69, 9.17) is 5.11 Å². The summed E-state index contributed by atoms with van der Waals surface area (Å²) < 4.78 is 27.8. The minimum atomic E-state index is -1.26. The standard InChI is InChI=1S/C16H17F2N3O3/c1-16(2,15(23)24)21-9-12(8-19-21)20-14(22)6-3-10-7-11(17)4-5-13(10)18/h4-5,7-9H,3,6H2,1-2H3,(H,20,22)(H,23,24). The Bertz CT molecular complexity index is 772. The molecular weight excluding hydrogens is 320 g/mol. The second-order valence-electron chi connectivity index (χ2n) is 5.82. The Morgan fingerprint density at radius 3 is 2.71 bits per heavy atom. The zero-order valence-electron chi connectivity index (χ0n) is 13.2. The van der Waals surface area contributed by atoms with Crippen LogP contribution in [0.3, 0.4) is 0 Å². The van der Waals surface area contributed by atoms with Gasteiger partial charge in [0.25, 0.3) is 0 Å². The van der Waals surface area contributed by atoms with Crippen LogP contribution in [-0.2, 0) is 21.5 Å². The van der Waals surface area contributed by atoms with Crippen molar-refractivity contribution in [2.45, 2.75) is 32.2 Å². The maximum absolute atomic E-state index is 13.5. The Balaban J connectivity index is 1.97. The summed E-state index contributed by atoms with van der Waals surface area (Å²) in [5.74, 6) is -2.61. The molecule has 1 aromatic heterocycles. The number of benzene rings is 1. The summed E-state index contributed by atoms with van der Waals surface area (Å²) in [5, 5.41) is 15.6. The number of carboxylic acids is 1. The molecule has 1 heterocycles. The molecule has 1 aromatic carbocycles. The molecule has 0 aliphatic rings. The Kier molecular flexibility index (Phi) is 4.96. The van der Waals surface area contributed by atoms with Gasteiger partial charge in [0, 0.05) is 12.6 Å². The first kappa shape index (κ1) is 17.6. The molecule has 2 aromatic rings. The van der Waals surface area contributed by atoms with Crippen LogP contribution in [0.25, 0.3) is 0 Å². The normalized spacial score (nSPS) is 11.3. The number of aryl methyl sites for hydroxylation is 1. The highest BCUT2D eigenvalue weighted by Gasteiger charge is 2.30. The highest BCUT2D eigenvalue weighted by atomic mass is 19.1. The van der Waals surface area contributed by atoms with Crippen molar-refractivity contribution in [3.63, 3.8) is 0 Å². The first-order valence-corrected chi connectivity index (χ1v) is 7.22. The largest absolute Gasteiger partial charge is 0.479 e. The van der Waals surface area contributed by atoms with Gasteiger partial charge < -0.3 is 10.4 Å². The molecule has 0 aliphatic heterocycles. The predicted molar refractivity (Wildman–Crippen MR) is 82.5 cm³/mol. The van der Waals surface area contributed by atoms with Crippen LogP contribution in [0.1, 0.15) is 25.8 Å². The molecule has 0 aliphatic carbocycles. The van der Waals surface area contributed by atoms with Gasteiger partial charge in [-0.1, -0.05) is 0 Å². The lowest BCUT2D eigenvalue weighted by Gasteiger charge is -2.19. The lowest BCUT2D eigenvalue weighted by atomic mass is 10.1. The molecule has 0 unspecified atom stereocenters. The molecule has 6 nitrogen and oxygen atoms in total. The zero-order valence-corrected chi connectivity index (χ0v) is 13.2. The maximum atomic E-state index is 13.5. The van der Waals surface area contributed by atoms with Gasteiger partial charge in [-0.15, -0.1) is 0 Å². The van der Waals surface area contributed by atoms with Gasteiger partial charge in [0.15, 0.2) is 5.54 Å². The van der Waals surface area contributed by atoms with Gasteiger partial charge in [0.05, 0.1) is 11.9 Å². The number of carbonyl (C=O) groups is 2. The number of aliphatic carboxylic acids is 1. The van der Waals surface area contributed by atoms with E-state index >= 15 is 0 Å². The number of carbonyl (C=O) groups excluding carboxylic acids is 1. The summed E-state index contributed by atoms with van der Waals surface area (Å²) in [6.45, 7) is 2.95. The van der Waals surface area contributed by atoms with E-state index in [9.17, 15) is 18.4 Å². The fraction of sp³-hybridized carbons (Fsp3) is 0.312. The van der Waals surface area contributed by atoms with Crippen molar-refractivity contribution in [2.24, 2.45) is 0 Å². The quantitative estimate of drug-likeness (QED) is 0.848. The van der Waals surface area contributed by atoms with E-state index in [0.29, 0.717) is 5.69 Å². The molecule has 24 heavy (non-hydrogen) atoms. The SMILES string of the molecule is CC(C)(C(=O)O)n1cc(NC(=O)CCc2cc(F)ccc2F)cn1.